The lowest BCUT2D eigenvalue weighted by Crippen LogP contribution is -2.23. The van der Waals surface area contributed by atoms with Gasteiger partial charge in [-0.15, -0.1) is 0 Å². The topological polar surface area (TPSA) is 54.9 Å². The van der Waals surface area contributed by atoms with Crippen molar-refractivity contribution >= 4 is 40.8 Å². The third kappa shape index (κ3) is 6.20. The quantitative estimate of drug-likeness (QED) is 0.307. The molecule has 0 aromatic heterocycles. The summed E-state index contributed by atoms with van der Waals surface area (Å²) in [4.78, 5) is 0. The van der Waals surface area contributed by atoms with Crippen LogP contribution in [-0.4, -0.2) is 18.4 Å². The van der Waals surface area contributed by atoms with Crippen molar-refractivity contribution < 1.29 is 9.47 Å². The third-order valence-corrected chi connectivity index (χ3v) is 4.33. The Morgan fingerprint density at radius 1 is 1.07 bits per heavy atom. The predicted octanol–water partition coefficient (Wildman–Crippen LogP) is 5.25. The zero-order valence-electron chi connectivity index (χ0n) is 15.8. The summed E-state index contributed by atoms with van der Waals surface area (Å²) >= 11 is 11.3. The van der Waals surface area contributed by atoms with Crippen LogP contribution in [0.25, 0.3) is 0 Å². The van der Waals surface area contributed by atoms with Crippen LogP contribution in [0.4, 0.5) is 5.69 Å². The number of nitrogens with zero attached hydrogens (tertiary/aromatic N) is 1. The van der Waals surface area contributed by atoms with E-state index in [-0.39, 0.29) is 0 Å². The molecule has 3 aromatic rings. The minimum absolute atomic E-state index is 0.350. The molecule has 0 heterocycles. The van der Waals surface area contributed by atoms with E-state index in [0.717, 1.165) is 16.8 Å². The van der Waals surface area contributed by atoms with Crippen LogP contribution in [0.2, 0.25) is 5.02 Å². The van der Waals surface area contributed by atoms with Gasteiger partial charge in [0, 0.05) is 16.3 Å². The lowest BCUT2D eigenvalue weighted by atomic mass is 10.2. The second-order valence-corrected chi connectivity index (χ2v) is 6.83. The van der Waals surface area contributed by atoms with Crippen LogP contribution < -0.4 is 20.2 Å². The molecule has 148 valence electrons. The van der Waals surface area contributed by atoms with Gasteiger partial charge in [0.05, 0.1) is 13.3 Å². The lowest BCUT2D eigenvalue weighted by molar-refractivity contribution is 0.284. The summed E-state index contributed by atoms with van der Waals surface area (Å²) in [7, 11) is 1.60. The smallest absolute Gasteiger partial charge is 0.191 e. The van der Waals surface area contributed by atoms with Gasteiger partial charge in [0.1, 0.15) is 6.61 Å². The van der Waals surface area contributed by atoms with Gasteiger partial charge in [0.25, 0.3) is 0 Å². The average molecular weight is 426 g/mol. The molecule has 3 aromatic carbocycles. The standard InChI is InChI=1S/C22H20ClN3O2S/c1-27-20-12-6-8-17(21(20)28-15-16-7-5-9-18(23)13-16)14-24-26-22(29)25-19-10-3-2-4-11-19/h2-14H,15H2,1H3,(H2,25,26,29)/b24-14+. The number of rotatable bonds is 7. The van der Waals surface area contributed by atoms with Gasteiger partial charge in [0.15, 0.2) is 16.6 Å². The number of nitrogens with one attached hydrogen (secondary N) is 2. The summed E-state index contributed by atoms with van der Waals surface area (Å²) < 4.78 is 11.4. The van der Waals surface area contributed by atoms with E-state index in [0.29, 0.717) is 28.2 Å². The number of methoxy groups -OCH3 is 1. The Balaban J connectivity index is 1.68. The van der Waals surface area contributed by atoms with Crippen molar-refractivity contribution in [3.05, 3.63) is 88.9 Å². The SMILES string of the molecule is COc1cccc(/C=N/NC(=S)Nc2ccccc2)c1OCc1cccc(Cl)c1. The molecule has 0 aliphatic rings. The average Bonchev–Trinajstić information content (AvgIpc) is 2.73. The number of para-hydroxylation sites is 2. The first-order valence-electron chi connectivity index (χ1n) is 8.85. The highest BCUT2D eigenvalue weighted by atomic mass is 35.5. The molecule has 0 spiro atoms. The summed E-state index contributed by atoms with van der Waals surface area (Å²) in [5.41, 5.74) is 5.39. The molecule has 0 amide bonds. The Kier molecular flexibility index (Phi) is 7.44. The largest absolute Gasteiger partial charge is 0.493 e. The Labute approximate surface area is 180 Å². The fraction of sp³-hybridized carbons (Fsp3) is 0.0909. The molecule has 0 aliphatic heterocycles. The van der Waals surface area contributed by atoms with E-state index in [1.165, 1.54) is 0 Å². The number of thiocarbonyl (C=S) groups is 1. The van der Waals surface area contributed by atoms with Crippen molar-refractivity contribution in [2.45, 2.75) is 6.61 Å². The summed E-state index contributed by atoms with van der Waals surface area (Å²) in [6, 6.07) is 22.7. The normalized spacial score (nSPS) is 10.6. The van der Waals surface area contributed by atoms with E-state index in [1.54, 1.807) is 13.3 Å². The second kappa shape index (κ2) is 10.5. The first-order chi connectivity index (χ1) is 14.2. The molecule has 0 bridgehead atoms. The zero-order valence-corrected chi connectivity index (χ0v) is 17.3. The molecular weight excluding hydrogens is 406 g/mol. The fourth-order valence-electron chi connectivity index (χ4n) is 2.57. The number of hydrogen-bond donors (Lipinski definition) is 2. The first kappa shape index (κ1) is 20.6. The van der Waals surface area contributed by atoms with Gasteiger partial charge >= 0.3 is 0 Å². The molecule has 2 N–H and O–H groups in total. The molecule has 0 saturated carbocycles. The fourth-order valence-corrected chi connectivity index (χ4v) is 2.96. The van der Waals surface area contributed by atoms with Crippen molar-refractivity contribution in [1.29, 1.82) is 0 Å². The van der Waals surface area contributed by atoms with Crippen LogP contribution in [0.15, 0.2) is 77.9 Å². The molecule has 29 heavy (non-hydrogen) atoms. The van der Waals surface area contributed by atoms with E-state index in [1.807, 2.05) is 72.8 Å². The van der Waals surface area contributed by atoms with E-state index < -0.39 is 0 Å². The second-order valence-electron chi connectivity index (χ2n) is 5.99. The molecule has 0 saturated heterocycles. The molecule has 7 heteroatoms. The van der Waals surface area contributed by atoms with E-state index in [9.17, 15) is 0 Å². The summed E-state index contributed by atoms with van der Waals surface area (Å²) in [5.74, 6) is 1.20. The van der Waals surface area contributed by atoms with Crippen molar-refractivity contribution in [2.75, 3.05) is 12.4 Å². The van der Waals surface area contributed by atoms with Crippen LogP contribution >= 0.6 is 23.8 Å². The molecule has 0 fully saturated rings. The zero-order chi connectivity index (χ0) is 20.5. The number of hydrazone groups is 1. The van der Waals surface area contributed by atoms with Crippen molar-refractivity contribution in [2.24, 2.45) is 5.10 Å². The Morgan fingerprint density at radius 2 is 1.86 bits per heavy atom. The van der Waals surface area contributed by atoms with Gasteiger partial charge in [-0.25, -0.2) is 0 Å². The van der Waals surface area contributed by atoms with Crippen LogP contribution in [0, 0.1) is 0 Å². The summed E-state index contributed by atoms with van der Waals surface area (Å²) in [6.07, 6.45) is 1.63. The highest BCUT2D eigenvalue weighted by molar-refractivity contribution is 7.80. The first-order valence-corrected chi connectivity index (χ1v) is 9.63. The maximum absolute atomic E-state index is 6.04. The number of hydrogen-bond acceptors (Lipinski definition) is 4. The highest BCUT2D eigenvalue weighted by Gasteiger charge is 2.10. The molecule has 0 unspecified atom stereocenters. The molecule has 0 aliphatic carbocycles. The molecule has 3 rings (SSSR count). The predicted molar refractivity (Wildman–Crippen MR) is 122 cm³/mol. The minimum atomic E-state index is 0.350. The third-order valence-electron chi connectivity index (χ3n) is 3.90. The summed E-state index contributed by atoms with van der Waals surface area (Å²) in [6.45, 7) is 0.350. The lowest BCUT2D eigenvalue weighted by Gasteiger charge is -2.13. The molecule has 0 atom stereocenters. The Bertz CT molecular complexity index is 996. The Hall–Kier alpha value is -3.09. The van der Waals surface area contributed by atoms with E-state index >= 15 is 0 Å². The van der Waals surface area contributed by atoms with Crippen molar-refractivity contribution in [3.63, 3.8) is 0 Å². The van der Waals surface area contributed by atoms with Crippen LogP contribution in [0.5, 0.6) is 11.5 Å². The van der Waals surface area contributed by atoms with Gasteiger partial charge in [-0.3, -0.25) is 5.43 Å². The van der Waals surface area contributed by atoms with Crippen molar-refractivity contribution in [3.8, 4) is 11.5 Å². The molecule has 5 nitrogen and oxygen atoms in total. The maximum Gasteiger partial charge on any atom is 0.191 e. The van der Waals surface area contributed by atoms with Crippen LogP contribution in [0.1, 0.15) is 11.1 Å². The highest BCUT2D eigenvalue weighted by Crippen LogP contribution is 2.31. The minimum Gasteiger partial charge on any atom is -0.493 e. The van der Waals surface area contributed by atoms with Crippen LogP contribution in [-0.2, 0) is 6.61 Å². The number of ether oxygens (including phenoxy) is 2. The molecular formula is C22H20ClN3O2S. The van der Waals surface area contributed by atoms with Gasteiger partial charge < -0.3 is 14.8 Å². The van der Waals surface area contributed by atoms with Gasteiger partial charge in [0.2, 0.25) is 0 Å². The van der Waals surface area contributed by atoms with Crippen molar-refractivity contribution in [1.82, 2.24) is 5.43 Å². The number of benzene rings is 3. The molecule has 0 radical (unpaired) electrons. The van der Waals surface area contributed by atoms with Gasteiger partial charge in [-0.1, -0.05) is 48.0 Å². The van der Waals surface area contributed by atoms with Crippen LogP contribution in [0.3, 0.4) is 0 Å². The van der Waals surface area contributed by atoms with E-state index in [2.05, 4.69) is 15.8 Å². The maximum atomic E-state index is 6.04. The summed E-state index contributed by atoms with van der Waals surface area (Å²) in [5, 5.41) is 8.31. The number of anilines is 1. The monoisotopic (exact) mass is 425 g/mol. The van der Waals surface area contributed by atoms with Gasteiger partial charge in [-0.05, 0) is 54.2 Å². The van der Waals surface area contributed by atoms with Gasteiger partial charge in [-0.2, -0.15) is 5.10 Å². The Morgan fingerprint density at radius 3 is 2.62 bits per heavy atom. The van der Waals surface area contributed by atoms with E-state index in [4.69, 9.17) is 33.3 Å². The number of halogens is 1.